The fourth-order valence-corrected chi connectivity index (χ4v) is 2.31. The van der Waals surface area contributed by atoms with Gasteiger partial charge in [0.1, 0.15) is 0 Å². The molecule has 0 saturated heterocycles. The van der Waals surface area contributed by atoms with Crippen LogP contribution in [0.5, 0.6) is 0 Å². The predicted octanol–water partition coefficient (Wildman–Crippen LogP) is 1.77. The van der Waals surface area contributed by atoms with Crippen LogP contribution in [0.2, 0.25) is 0 Å². The van der Waals surface area contributed by atoms with E-state index >= 15 is 0 Å². The SMILES string of the molecule is O=C(O)c1cccc([N+](=O)[O-])c1SCCCO. The van der Waals surface area contributed by atoms with E-state index in [-0.39, 0.29) is 22.8 Å². The number of aliphatic hydroxyl groups excluding tert-OH is 1. The number of rotatable bonds is 6. The molecule has 1 rings (SSSR count). The zero-order valence-corrected chi connectivity index (χ0v) is 9.64. The molecule has 1 aromatic carbocycles. The topological polar surface area (TPSA) is 101 Å². The lowest BCUT2D eigenvalue weighted by Gasteiger charge is -2.05. The van der Waals surface area contributed by atoms with Gasteiger partial charge in [-0.05, 0) is 12.5 Å². The van der Waals surface area contributed by atoms with Crippen molar-refractivity contribution in [2.24, 2.45) is 0 Å². The first kappa shape index (κ1) is 13.5. The van der Waals surface area contributed by atoms with E-state index in [4.69, 9.17) is 10.2 Å². The van der Waals surface area contributed by atoms with Gasteiger partial charge in [-0.2, -0.15) is 0 Å². The molecular weight excluding hydrogens is 246 g/mol. The molecule has 0 unspecified atom stereocenters. The Labute approximate surface area is 101 Å². The van der Waals surface area contributed by atoms with Gasteiger partial charge in [0.05, 0.1) is 15.4 Å². The molecule has 0 radical (unpaired) electrons. The fourth-order valence-electron chi connectivity index (χ4n) is 1.23. The predicted molar refractivity (Wildman–Crippen MR) is 62.5 cm³/mol. The highest BCUT2D eigenvalue weighted by Crippen LogP contribution is 2.32. The van der Waals surface area contributed by atoms with E-state index in [1.807, 2.05) is 0 Å². The molecule has 0 aliphatic carbocycles. The lowest BCUT2D eigenvalue weighted by atomic mass is 10.2. The Morgan fingerprint density at radius 3 is 2.71 bits per heavy atom. The molecule has 0 saturated carbocycles. The van der Waals surface area contributed by atoms with Crippen molar-refractivity contribution < 1.29 is 19.9 Å². The minimum absolute atomic E-state index is 0.0317. The Morgan fingerprint density at radius 1 is 1.47 bits per heavy atom. The van der Waals surface area contributed by atoms with Gasteiger partial charge in [-0.15, -0.1) is 11.8 Å². The lowest BCUT2D eigenvalue weighted by molar-refractivity contribution is -0.387. The Kier molecular flexibility index (Phi) is 4.92. The maximum absolute atomic E-state index is 10.9. The van der Waals surface area contributed by atoms with Crippen LogP contribution < -0.4 is 0 Å². The number of nitrogens with zero attached hydrogens (tertiary/aromatic N) is 1. The summed E-state index contributed by atoms with van der Waals surface area (Å²) in [7, 11) is 0. The van der Waals surface area contributed by atoms with E-state index in [2.05, 4.69) is 0 Å². The van der Waals surface area contributed by atoms with Crippen LogP contribution >= 0.6 is 11.8 Å². The Morgan fingerprint density at radius 2 is 2.18 bits per heavy atom. The maximum Gasteiger partial charge on any atom is 0.337 e. The largest absolute Gasteiger partial charge is 0.478 e. The van der Waals surface area contributed by atoms with Gasteiger partial charge >= 0.3 is 5.97 Å². The van der Waals surface area contributed by atoms with E-state index in [0.29, 0.717) is 12.2 Å². The van der Waals surface area contributed by atoms with E-state index < -0.39 is 10.9 Å². The first-order valence-corrected chi connectivity index (χ1v) is 5.81. The van der Waals surface area contributed by atoms with Crippen molar-refractivity contribution in [3.8, 4) is 0 Å². The van der Waals surface area contributed by atoms with Crippen molar-refractivity contribution >= 4 is 23.4 Å². The highest BCUT2D eigenvalue weighted by atomic mass is 32.2. The summed E-state index contributed by atoms with van der Waals surface area (Å²) in [5.74, 6) is -0.762. The number of aliphatic hydroxyl groups is 1. The maximum atomic E-state index is 10.9. The summed E-state index contributed by atoms with van der Waals surface area (Å²) in [5, 5.41) is 28.4. The summed E-state index contributed by atoms with van der Waals surface area (Å²) in [5.41, 5.74) is -0.296. The van der Waals surface area contributed by atoms with Gasteiger partial charge in [0.2, 0.25) is 0 Å². The molecule has 0 amide bonds. The second-order valence-corrected chi connectivity index (χ2v) is 4.25. The molecule has 2 N–H and O–H groups in total. The molecule has 92 valence electrons. The number of nitro groups is 1. The van der Waals surface area contributed by atoms with Gasteiger partial charge in [0.15, 0.2) is 0 Å². The molecule has 1 aromatic rings. The van der Waals surface area contributed by atoms with Gasteiger partial charge in [-0.1, -0.05) is 6.07 Å². The minimum atomic E-state index is -1.19. The third-order valence-electron chi connectivity index (χ3n) is 1.97. The molecule has 6 nitrogen and oxygen atoms in total. The smallest absolute Gasteiger partial charge is 0.337 e. The van der Waals surface area contributed by atoms with Crippen LogP contribution in [0.25, 0.3) is 0 Å². The summed E-state index contributed by atoms with van der Waals surface area (Å²) in [6.07, 6.45) is 0.454. The molecule has 0 aromatic heterocycles. The summed E-state index contributed by atoms with van der Waals surface area (Å²) < 4.78 is 0. The summed E-state index contributed by atoms with van der Waals surface area (Å²) in [4.78, 5) is 21.3. The number of thioether (sulfide) groups is 1. The molecule has 0 heterocycles. The number of carboxylic acid groups (broad SMARTS) is 1. The molecule has 0 bridgehead atoms. The summed E-state index contributed by atoms with van der Waals surface area (Å²) in [6, 6.07) is 3.95. The number of nitro benzene ring substituents is 1. The molecular formula is C10H11NO5S. The van der Waals surface area contributed by atoms with Crippen LogP contribution in [-0.4, -0.2) is 33.5 Å². The van der Waals surface area contributed by atoms with Crippen LogP contribution in [0.1, 0.15) is 16.8 Å². The van der Waals surface area contributed by atoms with Crippen molar-refractivity contribution in [3.05, 3.63) is 33.9 Å². The Balaban J connectivity index is 3.10. The second-order valence-electron chi connectivity index (χ2n) is 3.14. The van der Waals surface area contributed by atoms with Crippen LogP contribution in [0.15, 0.2) is 23.1 Å². The Hall–Kier alpha value is -1.60. The molecule has 0 atom stereocenters. The standard InChI is InChI=1S/C10H11NO5S/c12-5-2-6-17-9-7(10(13)14)3-1-4-8(9)11(15)16/h1,3-4,12H,2,5-6H2,(H,13,14). The van der Waals surface area contributed by atoms with E-state index in [1.165, 1.54) is 18.2 Å². The van der Waals surface area contributed by atoms with Crippen molar-refractivity contribution in [1.82, 2.24) is 0 Å². The normalized spacial score (nSPS) is 10.2. The fraction of sp³-hybridized carbons (Fsp3) is 0.300. The minimum Gasteiger partial charge on any atom is -0.478 e. The molecule has 7 heteroatoms. The van der Waals surface area contributed by atoms with E-state index in [0.717, 1.165) is 11.8 Å². The molecule has 0 aliphatic rings. The van der Waals surface area contributed by atoms with Gasteiger partial charge < -0.3 is 10.2 Å². The number of hydrogen-bond acceptors (Lipinski definition) is 5. The number of hydrogen-bond donors (Lipinski definition) is 2. The third kappa shape index (κ3) is 3.43. The lowest BCUT2D eigenvalue weighted by Crippen LogP contribution is -2.02. The number of aromatic carboxylic acids is 1. The van der Waals surface area contributed by atoms with E-state index in [1.54, 1.807) is 0 Å². The van der Waals surface area contributed by atoms with Gasteiger partial charge in [-0.25, -0.2) is 4.79 Å². The highest BCUT2D eigenvalue weighted by Gasteiger charge is 2.21. The summed E-state index contributed by atoms with van der Waals surface area (Å²) >= 11 is 1.07. The third-order valence-corrected chi connectivity index (χ3v) is 3.18. The highest BCUT2D eigenvalue weighted by molar-refractivity contribution is 7.99. The average Bonchev–Trinajstić information content (AvgIpc) is 2.28. The molecule has 0 spiro atoms. The van der Waals surface area contributed by atoms with E-state index in [9.17, 15) is 14.9 Å². The molecule has 0 fully saturated rings. The quantitative estimate of drug-likeness (QED) is 0.348. The monoisotopic (exact) mass is 257 g/mol. The van der Waals surface area contributed by atoms with Crippen LogP contribution in [0.3, 0.4) is 0 Å². The van der Waals surface area contributed by atoms with Crippen molar-refractivity contribution in [2.75, 3.05) is 12.4 Å². The molecule has 17 heavy (non-hydrogen) atoms. The van der Waals surface area contributed by atoms with Gasteiger partial charge in [0.25, 0.3) is 5.69 Å². The zero-order valence-electron chi connectivity index (χ0n) is 8.83. The number of carbonyl (C=O) groups is 1. The summed E-state index contributed by atoms with van der Waals surface area (Å²) in [6.45, 7) is -0.0317. The van der Waals surface area contributed by atoms with Crippen LogP contribution in [-0.2, 0) is 0 Å². The van der Waals surface area contributed by atoms with Crippen LogP contribution in [0.4, 0.5) is 5.69 Å². The average molecular weight is 257 g/mol. The first-order chi connectivity index (χ1) is 8.07. The van der Waals surface area contributed by atoms with Gasteiger partial charge in [0, 0.05) is 18.4 Å². The van der Waals surface area contributed by atoms with Crippen LogP contribution in [0, 0.1) is 10.1 Å². The van der Waals surface area contributed by atoms with Crippen molar-refractivity contribution in [1.29, 1.82) is 0 Å². The first-order valence-electron chi connectivity index (χ1n) is 4.82. The van der Waals surface area contributed by atoms with Gasteiger partial charge in [-0.3, -0.25) is 10.1 Å². The van der Waals surface area contributed by atoms with Crippen molar-refractivity contribution in [2.45, 2.75) is 11.3 Å². The van der Waals surface area contributed by atoms with Crippen molar-refractivity contribution in [3.63, 3.8) is 0 Å². The zero-order chi connectivity index (χ0) is 12.8. The Bertz CT molecular complexity index is 402. The second kappa shape index (κ2) is 6.21. The number of carboxylic acids is 1. The molecule has 0 aliphatic heterocycles. The number of benzene rings is 1.